The third-order valence-electron chi connectivity index (χ3n) is 6.62. The number of ether oxygens (including phenoxy) is 1. The van der Waals surface area contributed by atoms with E-state index in [2.05, 4.69) is 15.6 Å². The monoisotopic (exact) mass is 555 g/mol. The van der Waals surface area contributed by atoms with Crippen molar-refractivity contribution in [3.8, 4) is 11.6 Å². The fourth-order valence-electron chi connectivity index (χ4n) is 4.74. The molecule has 0 saturated carbocycles. The van der Waals surface area contributed by atoms with Gasteiger partial charge in [0.05, 0.1) is 28.6 Å². The minimum absolute atomic E-state index is 0.0376. The van der Waals surface area contributed by atoms with Crippen LogP contribution in [0.15, 0.2) is 47.4 Å². The molecule has 3 rings (SSSR count). The van der Waals surface area contributed by atoms with E-state index in [4.69, 9.17) is 16.3 Å². The highest BCUT2D eigenvalue weighted by Crippen LogP contribution is 2.31. The number of Topliss-reactive ketones (excluding diaryl/α,β-unsaturated/α-hetero) is 1. The highest BCUT2D eigenvalue weighted by atomic mass is 35.5. The Balaban J connectivity index is 1.78. The zero-order valence-electron chi connectivity index (χ0n) is 23.5. The highest BCUT2D eigenvalue weighted by Gasteiger charge is 2.28. The first-order valence-corrected chi connectivity index (χ1v) is 13.5. The molecular formula is C29H38ClN5O4. The maximum Gasteiger partial charge on any atom is 0.295 e. The summed E-state index contributed by atoms with van der Waals surface area (Å²) in [7, 11) is 3.67. The third kappa shape index (κ3) is 7.36. The summed E-state index contributed by atoms with van der Waals surface area (Å²) < 4.78 is 8.85. The van der Waals surface area contributed by atoms with Gasteiger partial charge in [0.2, 0.25) is 11.8 Å². The molecule has 39 heavy (non-hydrogen) atoms. The van der Waals surface area contributed by atoms with Gasteiger partial charge in [-0.05, 0) is 44.0 Å². The van der Waals surface area contributed by atoms with Crippen molar-refractivity contribution in [1.29, 1.82) is 0 Å². The van der Waals surface area contributed by atoms with Crippen LogP contribution in [0.5, 0.6) is 5.88 Å². The van der Waals surface area contributed by atoms with E-state index in [0.717, 1.165) is 5.69 Å². The maximum absolute atomic E-state index is 13.5. The number of carbonyl (C=O) groups is 2. The van der Waals surface area contributed by atoms with Crippen molar-refractivity contribution >= 4 is 29.0 Å². The number of ketones is 1. The summed E-state index contributed by atoms with van der Waals surface area (Å²) in [5.41, 5.74) is 1.24. The molecule has 1 unspecified atom stereocenters. The quantitative estimate of drug-likeness (QED) is 0.289. The molecule has 1 amide bonds. The Morgan fingerprint density at radius 1 is 1.21 bits per heavy atom. The second-order valence-corrected chi connectivity index (χ2v) is 10.9. The summed E-state index contributed by atoms with van der Waals surface area (Å²) in [6, 6.07) is 10.9. The summed E-state index contributed by atoms with van der Waals surface area (Å²) in [4.78, 5) is 43.9. The van der Waals surface area contributed by atoms with Crippen molar-refractivity contribution < 1.29 is 14.3 Å². The minimum atomic E-state index is -0.512. The summed E-state index contributed by atoms with van der Waals surface area (Å²) in [6.45, 7) is 8.69. The summed E-state index contributed by atoms with van der Waals surface area (Å²) in [5.74, 6) is -0.222. The predicted octanol–water partition coefficient (Wildman–Crippen LogP) is 4.96. The molecule has 0 spiro atoms. The van der Waals surface area contributed by atoms with Crippen LogP contribution in [0.1, 0.15) is 68.9 Å². The lowest BCUT2D eigenvalue weighted by Gasteiger charge is -2.24. The molecule has 1 atom stereocenters. The zero-order valence-corrected chi connectivity index (χ0v) is 24.3. The summed E-state index contributed by atoms with van der Waals surface area (Å²) in [5, 5.41) is 6.40. The summed E-state index contributed by atoms with van der Waals surface area (Å²) in [6.07, 6.45) is 2.22. The molecule has 2 heterocycles. The molecule has 9 nitrogen and oxygen atoms in total. The van der Waals surface area contributed by atoms with Gasteiger partial charge in [0, 0.05) is 38.5 Å². The Hall–Kier alpha value is -3.43. The largest absolute Gasteiger partial charge is 0.477 e. The number of hydrogen-bond acceptors (Lipinski definition) is 6. The number of nitrogens with one attached hydrogen (secondary N) is 2. The van der Waals surface area contributed by atoms with Gasteiger partial charge >= 0.3 is 0 Å². The van der Waals surface area contributed by atoms with Crippen molar-refractivity contribution in [2.75, 3.05) is 25.5 Å². The first-order valence-electron chi connectivity index (χ1n) is 13.1. The predicted molar refractivity (Wildman–Crippen MR) is 154 cm³/mol. The summed E-state index contributed by atoms with van der Waals surface area (Å²) >= 11 is 6.06. The normalized spacial score (nSPS) is 12.3. The standard InChI is InChI=1S/C29H38ClN5O4/c1-7-39-27-22(15-20(30)18-32-27)23(36)13-14-29(3,4)16-24(37)33-25-26(19(2)17-31-5)34(6)35(28(25)38)21-11-9-8-10-12-21/h8-12,15,18-19,31H,7,13-14,16-17H2,1-6H3,(H,33,37). The van der Waals surface area contributed by atoms with Crippen molar-refractivity contribution in [1.82, 2.24) is 19.7 Å². The number of rotatable bonds is 13. The van der Waals surface area contributed by atoms with E-state index in [1.54, 1.807) is 15.4 Å². The van der Waals surface area contributed by atoms with E-state index in [1.807, 2.05) is 72.1 Å². The molecule has 0 aliphatic carbocycles. The number of amides is 1. The second kappa shape index (κ2) is 13.1. The van der Waals surface area contributed by atoms with E-state index in [0.29, 0.717) is 35.8 Å². The number of anilines is 1. The average Bonchev–Trinajstić information content (AvgIpc) is 3.12. The van der Waals surface area contributed by atoms with Crippen molar-refractivity contribution in [2.45, 2.75) is 52.9 Å². The number of hydrogen-bond donors (Lipinski definition) is 2. The van der Waals surface area contributed by atoms with E-state index >= 15 is 0 Å². The molecule has 1 aromatic carbocycles. The third-order valence-corrected chi connectivity index (χ3v) is 6.83. The molecule has 2 N–H and O–H groups in total. The molecular weight excluding hydrogens is 518 g/mol. The van der Waals surface area contributed by atoms with Gasteiger partial charge in [-0.1, -0.05) is 50.6 Å². The van der Waals surface area contributed by atoms with Crippen LogP contribution >= 0.6 is 11.6 Å². The molecule has 0 radical (unpaired) electrons. The van der Waals surface area contributed by atoms with E-state index < -0.39 is 5.41 Å². The Labute approximate surface area is 234 Å². The number of para-hydroxylation sites is 1. The van der Waals surface area contributed by atoms with Gasteiger partial charge in [0.1, 0.15) is 5.69 Å². The molecule has 210 valence electrons. The topological polar surface area (TPSA) is 107 Å². The fourth-order valence-corrected chi connectivity index (χ4v) is 4.90. The van der Waals surface area contributed by atoms with Gasteiger partial charge in [-0.3, -0.25) is 19.1 Å². The molecule has 3 aromatic rings. The van der Waals surface area contributed by atoms with Gasteiger partial charge in [-0.15, -0.1) is 0 Å². The van der Waals surface area contributed by atoms with Gasteiger partial charge < -0.3 is 15.4 Å². The first-order chi connectivity index (χ1) is 18.5. The smallest absolute Gasteiger partial charge is 0.295 e. The van der Waals surface area contributed by atoms with Crippen LogP contribution in [0.25, 0.3) is 5.69 Å². The van der Waals surface area contributed by atoms with Crippen LogP contribution in [-0.4, -0.2) is 46.2 Å². The number of pyridine rings is 1. The molecule has 0 bridgehead atoms. The molecule has 0 saturated heterocycles. The molecule has 2 aromatic heterocycles. The molecule has 0 aliphatic rings. The number of aromatic nitrogens is 3. The van der Waals surface area contributed by atoms with Gasteiger partial charge in [-0.2, -0.15) is 0 Å². The second-order valence-electron chi connectivity index (χ2n) is 10.4. The van der Waals surface area contributed by atoms with Crippen LogP contribution in [-0.2, 0) is 11.8 Å². The lowest BCUT2D eigenvalue weighted by molar-refractivity contribution is -0.118. The van der Waals surface area contributed by atoms with E-state index in [1.165, 1.54) is 6.20 Å². The molecule has 10 heteroatoms. The van der Waals surface area contributed by atoms with Crippen molar-refractivity contribution in [3.05, 3.63) is 69.2 Å². The number of halogens is 1. The Morgan fingerprint density at radius 2 is 1.90 bits per heavy atom. The lowest BCUT2D eigenvalue weighted by Crippen LogP contribution is -2.27. The number of likely N-dealkylation sites (N-methyl/N-ethyl adjacent to an activating group) is 1. The Morgan fingerprint density at radius 3 is 2.54 bits per heavy atom. The van der Waals surface area contributed by atoms with Crippen LogP contribution in [0, 0.1) is 5.41 Å². The first kappa shape index (κ1) is 30.1. The Kier molecular flexibility index (Phi) is 10.1. The number of benzene rings is 1. The lowest BCUT2D eigenvalue weighted by atomic mass is 9.83. The Bertz CT molecular complexity index is 1360. The van der Waals surface area contributed by atoms with Crippen LogP contribution < -0.4 is 20.9 Å². The highest BCUT2D eigenvalue weighted by molar-refractivity contribution is 6.30. The average molecular weight is 556 g/mol. The number of nitrogens with zero attached hydrogens (tertiary/aromatic N) is 3. The van der Waals surface area contributed by atoms with Crippen LogP contribution in [0.4, 0.5) is 5.69 Å². The van der Waals surface area contributed by atoms with E-state index in [9.17, 15) is 14.4 Å². The molecule has 0 aliphatic heterocycles. The van der Waals surface area contributed by atoms with Gasteiger partial charge in [0.15, 0.2) is 5.78 Å². The van der Waals surface area contributed by atoms with E-state index in [-0.39, 0.29) is 47.6 Å². The SMILES string of the molecule is CCOc1ncc(Cl)cc1C(=O)CCC(C)(C)CC(=O)Nc1c(C(C)CNC)n(C)n(-c2ccccc2)c1=O. The number of carbonyl (C=O) groups excluding carboxylic acids is 2. The fraction of sp³-hybridized carbons (Fsp3) is 0.448. The van der Waals surface area contributed by atoms with Crippen LogP contribution in [0.3, 0.4) is 0 Å². The van der Waals surface area contributed by atoms with Gasteiger partial charge in [-0.25, -0.2) is 9.67 Å². The van der Waals surface area contributed by atoms with Gasteiger partial charge in [0.25, 0.3) is 5.56 Å². The molecule has 0 fully saturated rings. The van der Waals surface area contributed by atoms with Crippen LogP contribution in [0.2, 0.25) is 5.02 Å². The van der Waals surface area contributed by atoms with Crippen molar-refractivity contribution in [3.63, 3.8) is 0 Å². The zero-order chi connectivity index (χ0) is 28.7. The van der Waals surface area contributed by atoms with Crippen molar-refractivity contribution in [2.24, 2.45) is 12.5 Å². The minimum Gasteiger partial charge on any atom is -0.477 e. The maximum atomic E-state index is 13.5.